The summed E-state index contributed by atoms with van der Waals surface area (Å²) in [4.78, 5) is 11.6. The minimum Gasteiger partial charge on any atom is -0.616 e. The van der Waals surface area contributed by atoms with Gasteiger partial charge < -0.3 is 9.29 Å². The van der Waals surface area contributed by atoms with Crippen molar-refractivity contribution in [3.63, 3.8) is 0 Å². The van der Waals surface area contributed by atoms with Crippen LogP contribution in [0.25, 0.3) is 0 Å². The van der Waals surface area contributed by atoms with Crippen molar-refractivity contribution in [3.8, 4) is 0 Å². The largest absolute Gasteiger partial charge is 0.616 e. The Bertz CT molecular complexity index is 418. The van der Waals surface area contributed by atoms with Gasteiger partial charge in [-0.05, 0) is 23.7 Å². The molecule has 0 spiro atoms. The van der Waals surface area contributed by atoms with Crippen LogP contribution in [0.1, 0.15) is 18.9 Å². The van der Waals surface area contributed by atoms with Crippen molar-refractivity contribution < 1.29 is 14.1 Å². The predicted molar refractivity (Wildman–Crippen MR) is 75.1 cm³/mol. The van der Waals surface area contributed by atoms with Crippen LogP contribution in [0.2, 0.25) is 0 Å². The lowest BCUT2D eigenvalue weighted by Gasteiger charge is -2.42. The second-order valence-electron chi connectivity index (χ2n) is 4.83. The molecule has 2 rings (SSSR count). The average molecular weight is 281 g/mol. The Balaban J connectivity index is 1.91. The van der Waals surface area contributed by atoms with Crippen molar-refractivity contribution in [2.75, 3.05) is 18.1 Å². The molecule has 1 aliphatic rings. The van der Waals surface area contributed by atoms with Gasteiger partial charge in [0.15, 0.2) is 0 Å². The summed E-state index contributed by atoms with van der Waals surface area (Å²) in [7, 11) is 0. The molecule has 1 N–H and O–H groups in total. The van der Waals surface area contributed by atoms with E-state index < -0.39 is 11.2 Å². The summed E-state index contributed by atoms with van der Waals surface area (Å²) >= 11 is -0.810. The smallest absolute Gasteiger partial charge is 0.308 e. The van der Waals surface area contributed by atoms with E-state index in [-0.39, 0.29) is 11.5 Å². The first-order chi connectivity index (χ1) is 9.13. The van der Waals surface area contributed by atoms with Crippen molar-refractivity contribution in [3.05, 3.63) is 35.9 Å². The van der Waals surface area contributed by atoms with Crippen molar-refractivity contribution >= 4 is 17.1 Å². The van der Waals surface area contributed by atoms with Crippen LogP contribution in [0.4, 0.5) is 0 Å². The summed E-state index contributed by atoms with van der Waals surface area (Å²) in [5, 5.41) is 3.37. The third-order valence-electron chi connectivity index (χ3n) is 3.17. The number of ether oxygens (including phenoxy) is 1. The Labute approximate surface area is 116 Å². The number of carbonyl (C=O) groups is 1. The molecule has 5 heteroatoms. The molecule has 19 heavy (non-hydrogen) atoms. The predicted octanol–water partition coefficient (Wildman–Crippen LogP) is 1.23. The van der Waals surface area contributed by atoms with Crippen LogP contribution in [-0.4, -0.2) is 34.2 Å². The first kappa shape index (κ1) is 14.4. The van der Waals surface area contributed by atoms with Gasteiger partial charge in [-0.25, -0.2) is 0 Å². The Hall–Kier alpha value is -1.04. The molecule has 0 aliphatic carbocycles. The molecule has 104 valence electrons. The van der Waals surface area contributed by atoms with Crippen molar-refractivity contribution in [2.24, 2.45) is 0 Å². The molecule has 1 aromatic rings. The number of benzene rings is 1. The molecule has 1 fully saturated rings. The second kappa shape index (κ2) is 6.41. The Kier molecular flexibility index (Phi) is 4.85. The minimum absolute atomic E-state index is 0.222. The summed E-state index contributed by atoms with van der Waals surface area (Å²) in [5.41, 5.74) is 0.802. The van der Waals surface area contributed by atoms with E-state index >= 15 is 0 Å². The van der Waals surface area contributed by atoms with Crippen LogP contribution in [0.5, 0.6) is 0 Å². The number of carbonyl (C=O) groups excluding carboxylic acids is 1. The highest BCUT2D eigenvalue weighted by Gasteiger charge is 2.50. The summed E-state index contributed by atoms with van der Waals surface area (Å²) in [6.07, 6.45) is 0.291. The Morgan fingerprint density at radius 2 is 2.11 bits per heavy atom. The quantitative estimate of drug-likeness (QED) is 0.629. The molecule has 0 amide bonds. The van der Waals surface area contributed by atoms with Gasteiger partial charge in [0.25, 0.3) is 0 Å². The fourth-order valence-electron chi connectivity index (χ4n) is 2.21. The third kappa shape index (κ3) is 3.96. The zero-order chi connectivity index (χ0) is 13.7. The summed E-state index contributed by atoms with van der Waals surface area (Å²) in [6, 6.07) is 9.99. The van der Waals surface area contributed by atoms with E-state index in [9.17, 15) is 9.35 Å². The minimum atomic E-state index is -0.810. The zero-order valence-corrected chi connectivity index (χ0v) is 11.9. The molecule has 0 unspecified atom stereocenters. The second-order valence-corrected chi connectivity index (χ2v) is 6.29. The molecule has 0 bridgehead atoms. The van der Waals surface area contributed by atoms with Crippen LogP contribution in [0.3, 0.4) is 0 Å². The fraction of sp³-hybridized carbons (Fsp3) is 0.500. The fourth-order valence-corrected chi connectivity index (χ4v) is 3.77. The lowest BCUT2D eigenvalue weighted by atomic mass is 9.98. The third-order valence-corrected chi connectivity index (χ3v) is 4.92. The van der Waals surface area contributed by atoms with E-state index in [2.05, 4.69) is 5.32 Å². The average Bonchev–Trinajstić information content (AvgIpc) is 2.36. The van der Waals surface area contributed by atoms with Crippen molar-refractivity contribution in [1.29, 1.82) is 0 Å². The molecule has 0 saturated carbocycles. The maximum Gasteiger partial charge on any atom is 0.308 e. The number of rotatable bonds is 6. The number of nitrogens with one attached hydrogen (secondary N) is 1. The van der Waals surface area contributed by atoms with Gasteiger partial charge in [0.2, 0.25) is 0 Å². The molecular formula is C14H19NO3S. The van der Waals surface area contributed by atoms with Gasteiger partial charge in [-0.1, -0.05) is 30.3 Å². The standard InChI is InChI=1S/C14H19NO3S/c1-2-18-13(16)8-14(10-19(17)11-14)15-9-12-6-4-3-5-7-12/h3-7,15H,2,8-11H2,1H3. The number of hydrogen-bond donors (Lipinski definition) is 1. The Morgan fingerprint density at radius 1 is 1.42 bits per heavy atom. The monoisotopic (exact) mass is 281 g/mol. The molecule has 1 saturated heterocycles. The van der Waals surface area contributed by atoms with Gasteiger partial charge >= 0.3 is 5.97 Å². The summed E-state index contributed by atoms with van der Waals surface area (Å²) in [6.45, 7) is 2.86. The number of hydrogen-bond acceptors (Lipinski definition) is 4. The molecule has 0 radical (unpaired) electrons. The van der Waals surface area contributed by atoms with Crippen LogP contribution < -0.4 is 5.32 Å². The molecule has 1 aliphatic heterocycles. The highest BCUT2D eigenvalue weighted by Crippen LogP contribution is 2.28. The van der Waals surface area contributed by atoms with Crippen LogP contribution in [0.15, 0.2) is 30.3 Å². The van der Waals surface area contributed by atoms with E-state index in [0.717, 1.165) is 5.56 Å². The van der Waals surface area contributed by atoms with Gasteiger partial charge in [-0.2, -0.15) is 0 Å². The van der Waals surface area contributed by atoms with Crippen LogP contribution in [-0.2, 0) is 27.3 Å². The van der Waals surface area contributed by atoms with Gasteiger partial charge in [0.05, 0.1) is 13.0 Å². The topological polar surface area (TPSA) is 61.4 Å². The van der Waals surface area contributed by atoms with E-state index in [1.165, 1.54) is 0 Å². The SMILES string of the molecule is CCOC(=O)CC1(NCc2ccccc2)C[S+]([O-])C1. The number of esters is 1. The highest BCUT2D eigenvalue weighted by molar-refractivity contribution is 7.93. The molecule has 1 aromatic carbocycles. The molecular weight excluding hydrogens is 262 g/mol. The molecule has 0 atom stereocenters. The highest BCUT2D eigenvalue weighted by atomic mass is 32.2. The molecule has 0 aromatic heterocycles. The van der Waals surface area contributed by atoms with Gasteiger partial charge in [0.1, 0.15) is 17.0 Å². The lowest BCUT2D eigenvalue weighted by Crippen LogP contribution is -2.64. The lowest BCUT2D eigenvalue weighted by molar-refractivity contribution is -0.144. The van der Waals surface area contributed by atoms with Gasteiger partial charge in [-0.15, -0.1) is 0 Å². The summed E-state index contributed by atoms with van der Waals surface area (Å²) < 4.78 is 16.4. The summed E-state index contributed by atoms with van der Waals surface area (Å²) in [5.74, 6) is 0.830. The zero-order valence-electron chi connectivity index (χ0n) is 11.1. The maximum atomic E-state index is 11.6. The van der Waals surface area contributed by atoms with E-state index in [4.69, 9.17) is 4.74 Å². The maximum absolute atomic E-state index is 11.6. The van der Waals surface area contributed by atoms with Gasteiger partial charge in [0, 0.05) is 6.54 Å². The molecule has 1 heterocycles. The normalized spacial score (nSPS) is 25.7. The van der Waals surface area contributed by atoms with Gasteiger partial charge in [-0.3, -0.25) is 10.1 Å². The van der Waals surface area contributed by atoms with Crippen molar-refractivity contribution in [1.82, 2.24) is 5.32 Å². The van der Waals surface area contributed by atoms with Crippen molar-refractivity contribution in [2.45, 2.75) is 25.4 Å². The van der Waals surface area contributed by atoms with E-state index in [1.54, 1.807) is 6.92 Å². The Morgan fingerprint density at radius 3 is 2.68 bits per heavy atom. The van der Waals surface area contributed by atoms with Crippen LogP contribution >= 0.6 is 0 Å². The van der Waals surface area contributed by atoms with E-state index in [1.807, 2.05) is 30.3 Å². The first-order valence-corrected chi connectivity index (χ1v) is 7.92. The molecule has 4 nitrogen and oxygen atoms in total. The van der Waals surface area contributed by atoms with E-state index in [0.29, 0.717) is 31.1 Å². The van der Waals surface area contributed by atoms with Crippen LogP contribution in [0, 0.1) is 0 Å². The first-order valence-electron chi connectivity index (χ1n) is 6.43.